The number of hydrogen-bond acceptors (Lipinski definition) is 6. The van der Waals surface area contributed by atoms with E-state index in [1.54, 1.807) is 7.11 Å². The highest BCUT2D eigenvalue weighted by Crippen LogP contribution is 2.53. The van der Waals surface area contributed by atoms with Crippen molar-refractivity contribution in [1.82, 2.24) is 0 Å². The summed E-state index contributed by atoms with van der Waals surface area (Å²) < 4.78 is 5.50. The standard InChI is InChI=1S/C24H36O2S4/c1-26-22-9-2-7-20(19-22)24(29-17-6-18-30-24)13-3-8-21(25)11-12-23-10-4-14-27-15-5-16-28-23/h2-3,7-9,19,21,23,25H,4-6,10-18H2,1H3. The Morgan fingerprint density at radius 3 is 2.77 bits per heavy atom. The van der Waals surface area contributed by atoms with E-state index in [0.717, 1.165) is 30.3 Å². The quantitative estimate of drug-likeness (QED) is 0.407. The average Bonchev–Trinajstić information content (AvgIpc) is 2.92. The van der Waals surface area contributed by atoms with Gasteiger partial charge in [-0.05, 0) is 91.4 Å². The maximum atomic E-state index is 10.6. The Kier molecular flexibility index (Phi) is 11.2. The minimum absolute atomic E-state index is 0.0360. The van der Waals surface area contributed by atoms with Crippen LogP contribution in [0.3, 0.4) is 0 Å². The average molecular weight is 485 g/mol. The molecule has 0 amide bonds. The smallest absolute Gasteiger partial charge is 0.119 e. The van der Waals surface area contributed by atoms with Gasteiger partial charge >= 0.3 is 0 Å². The summed E-state index contributed by atoms with van der Waals surface area (Å²) in [6.45, 7) is 0. The SMILES string of the molecule is COc1cccc(C2(CC=CC(O)CCC3CCCSCCCS3)SCCCS2)c1. The molecule has 0 saturated carbocycles. The largest absolute Gasteiger partial charge is 0.497 e. The number of aliphatic hydroxyl groups excluding tert-OH is 1. The first-order valence-electron chi connectivity index (χ1n) is 11.2. The van der Waals surface area contributed by atoms with E-state index in [4.69, 9.17) is 4.74 Å². The first-order chi connectivity index (χ1) is 14.7. The number of thioether (sulfide) groups is 4. The van der Waals surface area contributed by atoms with Gasteiger partial charge in [0.25, 0.3) is 0 Å². The number of methoxy groups -OCH3 is 1. The van der Waals surface area contributed by atoms with Gasteiger partial charge in [0, 0.05) is 5.25 Å². The summed E-state index contributed by atoms with van der Waals surface area (Å²) in [5.41, 5.74) is 1.33. The molecule has 1 N–H and O–H groups in total. The van der Waals surface area contributed by atoms with Gasteiger partial charge in [0.2, 0.25) is 0 Å². The Balaban J connectivity index is 1.54. The van der Waals surface area contributed by atoms with Crippen LogP contribution in [0.1, 0.15) is 50.5 Å². The predicted octanol–water partition coefficient (Wildman–Crippen LogP) is 6.82. The van der Waals surface area contributed by atoms with Crippen molar-refractivity contribution >= 4 is 47.0 Å². The third kappa shape index (κ3) is 7.91. The minimum atomic E-state index is -0.325. The summed E-state index contributed by atoms with van der Waals surface area (Å²) in [6, 6.07) is 8.52. The fourth-order valence-corrected chi connectivity index (χ4v) is 9.56. The van der Waals surface area contributed by atoms with Crippen molar-refractivity contribution in [2.45, 2.75) is 60.4 Å². The van der Waals surface area contributed by atoms with Gasteiger partial charge < -0.3 is 9.84 Å². The van der Waals surface area contributed by atoms with Crippen molar-refractivity contribution < 1.29 is 9.84 Å². The molecule has 2 saturated heterocycles. The molecule has 0 bridgehead atoms. The second-order valence-corrected chi connectivity index (χ2v) is 13.6. The van der Waals surface area contributed by atoms with Crippen LogP contribution < -0.4 is 4.74 Å². The van der Waals surface area contributed by atoms with Gasteiger partial charge in [0.05, 0.1) is 17.3 Å². The summed E-state index contributed by atoms with van der Waals surface area (Å²) in [4.78, 5) is 0. The number of hydrogen-bond donors (Lipinski definition) is 1. The van der Waals surface area contributed by atoms with Crippen molar-refractivity contribution in [1.29, 1.82) is 0 Å². The summed E-state index contributed by atoms with van der Waals surface area (Å²) >= 11 is 8.33. The van der Waals surface area contributed by atoms with Crippen molar-refractivity contribution in [3.63, 3.8) is 0 Å². The van der Waals surface area contributed by atoms with Crippen molar-refractivity contribution in [3.8, 4) is 5.75 Å². The Morgan fingerprint density at radius 1 is 1.13 bits per heavy atom. The predicted molar refractivity (Wildman–Crippen MR) is 141 cm³/mol. The van der Waals surface area contributed by atoms with Gasteiger partial charge in [0.15, 0.2) is 0 Å². The van der Waals surface area contributed by atoms with Crippen molar-refractivity contribution in [2.75, 3.05) is 35.9 Å². The molecule has 3 rings (SSSR count). The lowest BCUT2D eigenvalue weighted by Gasteiger charge is -2.36. The zero-order chi connectivity index (χ0) is 21.1. The van der Waals surface area contributed by atoms with Gasteiger partial charge in [-0.2, -0.15) is 23.5 Å². The third-order valence-corrected chi connectivity index (χ3v) is 11.7. The maximum Gasteiger partial charge on any atom is 0.119 e. The number of rotatable bonds is 8. The molecular weight excluding hydrogens is 449 g/mol. The highest BCUT2D eigenvalue weighted by Gasteiger charge is 2.34. The Labute approximate surface area is 200 Å². The molecule has 168 valence electrons. The van der Waals surface area contributed by atoms with Crippen LogP contribution in [0.5, 0.6) is 5.75 Å². The zero-order valence-corrected chi connectivity index (χ0v) is 21.4. The van der Waals surface area contributed by atoms with Crippen LogP contribution in [0.15, 0.2) is 36.4 Å². The maximum absolute atomic E-state index is 10.6. The first kappa shape index (κ1) is 24.8. The Bertz CT molecular complexity index is 636. The van der Waals surface area contributed by atoms with Crippen molar-refractivity contribution in [3.05, 3.63) is 42.0 Å². The first-order valence-corrected chi connectivity index (χ1v) is 15.4. The van der Waals surface area contributed by atoms with Gasteiger partial charge in [-0.1, -0.05) is 24.3 Å². The summed E-state index contributed by atoms with van der Waals surface area (Å²) in [6.07, 6.45) is 12.1. The molecule has 2 nitrogen and oxygen atoms in total. The molecule has 2 aliphatic rings. The summed E-state index contributed by atoms with van der Waals surface area (Å²) in [7, 11) is 1.73. The van der Waals surface area contributed by atoms with E-state index in [9.17, 15) is 5.11 Å². The molecule has 2 fully saturated rings. The lowest BCUT2D eigenvalue weighted by atomic mass is 10.1. The van der Waals surface area contributed by atoms with Crippen molar-refractivity contribution in [2.24, 2.45) is 0 Å². The number of ether oxygens (including phenoxy) is 1. The number of allylic oxidation sites excluding steroid dienone is 1. The number of benzene rings is 1. The van der Waals surface area contributed by atoms with Crippen LogP contribution in [0.2, 0.25) is 0 Å². The van der Waals surface area contributed by atoms with E-state index < -0.39 is 0 Å². The molecule has 1 aromatic rings. The molecule has 0 radical (unpaired) electrons. The Hall–Kier alpha value is 0.120. The minimum Gasteiger partial charge on any atom is -0.497 e. The lowest BCUT2D eigenvalue weighted by molar-refractivity contribution is 0.208. The number of aliphatic hydroxyl groups is 1. The van der Waals surface area contributed by atoms with E-state index in [1.807, 2.05) is 35.7 Å². The van der Waals surface area contributed by atoms with Crippen LogP contribution in [0, 0.1) is 0 Å². The summed E-state index contributed by atoms with van der Waals surface area (Å²) in [5, 5.41) is 11.3. The van der Waals surface area contributed by atoms with Crippen LogP contribution in [0.25, 0.3) is 0 Å². The fourth-order valence-electron chi connectivity index (χ4n) is 3.91. The van der Waals surface area contributed by atoms with Crippen LogP contribution in [-0.4, -0.2) is 52.3 Å². The molecule has 2 heterocycles. The molecule has 1 aromatic carbocycles. The Morgan fingerprint density at radius 2 is 1.93 bits per heavy atom. The van der Waals surface area contributed by atoms with Gasteiger partial charge in [-0.15, -0.1) is 23.5 Å². The van der Waals surface area contributed by atoms with Gasteiger partial charge in [-0.25, -0.2) is 0 Å². The highest BCUT2D eigenvalue weighted by atomic mass is 32.2. The zero-order valence-electron chi connectivity index (χ0n) is 18.1. The lowest BCUT2D eigenvalue weighted by Crippen LogP contribution is -2.22. The van der Waals surface area contributed by atoms with E-state index >= 15 is 0 Å². The molecule has 0 aliphatic carbocycles. The molecule has 2 aliphatic heterocycles. The van der Waals surface area contributed by atoms with Crippen LogP contribution in [-0.2, 0) is 4.08 Å². The van der Waals surface area contributed by atoms with Gasteiger partial charge in [0.1, 0.15) is 5.75 Å². The van der Waals surface area contributed by atoms with Gasteiger partial charge in [-0.3, -0.25) is 0 Å². The molecule has 0 spiro atoms. The normalized spacial score (nSPS) is 24.0. The third-order valence-electron chi connectivity index (χ3n) is 5.60. The monoisotopic (exact) mass is 484 g/mol. The van der Waals surface area contributed by atoms with E-state index in [0.29, 0.717) is 0 Å². The molecule has 30 heavy (non-hydrogen) atoms. The highest BCUT2D eigenvalue weighted by molar-refractivity contribution is 8.18. The molecule has 6 heteroatoms. The molecule has 0 aromatic heterocycles. The summed E-state index contributed by atoms with van der Waals surface area (Å²) in [5.74, 6) is 7.21. The fraction of sp³-hybridized carbons (Fsp3) is 0.667. The van der Waals surface area contributed by atoms with Crippen LogP contribution >= 0.6 is 47.0 Å². The van der Waals surface area contributed by atoms with Crippen LogP contribution in [0.4, 0.5) is 0 Å². The van der Waals surface area contributed by atoms with E-state index in [-0.39, 0.29) is 10.2 Å². The molecule has 2 atom stereocenters. The second kappa shape index (κ2) is 13.6. The topological polar surface area (TPSA) is 29.5 Å². The van der Waals surface area contributed by atoms with E-state index in [1.165, 1.54) is 60.0 Å². The molecule has 2 unspecified atom stereocenters. The van der Waals surface area contributed by atoms with E-state index in [2.05, 4.69) is 47.8 Å². The molecular formula is C24H36O2S4. The second-order valence-electron chi connectivity index (χ2n) is 7.91.